The molecule has 2 atom stereocenters. The highest BCUT2D eigenvalue weighted by Gasteiger charge is 2.23. The normalized spacial score (nSPS) is 13.0. The smallest absolute Gasteiger partial charge is 0.230 e. The minimum absolute atomic E-state index is 0.0211. The Labute approximate surface area is 189 Å². The summed E-state index contributed by atoms with van der Waals surface area (Å²) in [5, 5.41) is 24.3. The van der Waals surface area contributed by atoms with Gasteiger partial charge in [-0.15, -0.1) is 0 Å². The van der Waals surface area contributed by atoms with Gasteiger partial charge in [0.1, 0.15) is 11.6 Å². The first-order valence-corrected chi connectivity index (χ1v) is 11.0. The van der Waals surface area contributed by atoms with E-state index in [9.17, 15) is 29.4 Å². The second-order valence-electron chi connectivity index (χ2n) is 9.00. The number of carbonyl (C=O) groups excluding carboxylic acids is 4. The van der Waals surface area contributed by atoms with Crippen molar-refractivity contribution in [1.29, 1.82) is 0 Å². The molecule has 8 heteroatoms. The first kappa shape index (κ1) is 27.5. The number of benzene rings is 1. The molecule has 1 aromatic carbocycles. The van der Waals surface area contributed by atoms with Gasteiger partial charge in [0.25, 0.3) is 0 Å². The molecule has 4 N–H and O–H groups in total. The minimum Gasteiger partial charge on any atom is -0.396 e. The maximum Gasteiger partial charge on any atom is 0.230 e. The number of nitrogens with one attached hydrogen (secondary N) is 2. The van der Waals surface area contributed by atoms with Gasteiger partial charge in [0, 0.05) is 37.1 Å². The highest BCUT2D eigenvalue weighted by atomic mass is 16.3. The zero-order chi connectivity index (χ0) is 24.3. The molecule has 178 valence electrons. The molecule has 0 spiro atoms. The van der Waals surface area contributed by atoms with Gasteiger partial charge < -0.3 is 20.8 Å². The molecule has 8 nitrogen and oxygen atoms in total. The first-order chi connectivity index (χ1) is 15.0. The van der Waals surface area contributed by atoms with Crippen molar-refractivity contribution in [2.75, 3.05) is 23.8 Å². The highest BCUT2D eigenvalue weighted by Crippen LogP contribution is 2.18. The van der Waals surface area contributed by atoms with Gasteiger partial charge in [0.15, 0.2) is 0 Å². The van der Waals surface area contributed by atoms with Gasteiger partial charge in [-0.05, 0) is 36.1 Å². The van der Waals surface area contributed by atoms with E-state index in [-0.39, 0.29) is 36.2 Å². The number of ketones is 2. The van der Waals surface area contributed by atoms with Crippen LogP contribution in [-0.4, -0.2) is 46.8 Å². The number of hydrogen-bond acceptors (Lipinski definition) is 6. The molecule has 0 aliphatic carbocycles. The summed E-state index contributed by atoms with van der Waals surface area (Å²) in [7, 11) is 0. The maximum atomic E-state index is 12.4. The van der Waals surface area contributed by atoms with Crippen LogP contribution in [0, 0.1) is 23.7 Å². The molecule has 0 aliphatic heterocycles. The summed E-state index contributed by atoms with van der Waals surface area (Å²) in [6, 6.07) is 6.32. The second kappa shape index (κ2) is 13.8. The lowest BCUT2D eigenvalue weighted by molar-refractivity contribution is -0.127. The summed E-state index contributed by atoms with van der Waals surface area (Å²) in [6.07, 6.45) is 0.672. The van der Waals surface area contributed by atoms with Crippen molar-refractivity contribution in [3.63, 3.8) is 0 Å². The lowest BCUT2D eigenvalue weighted by Gasteiger charge is -2.16. The van der Waals surface area contributed by atoms with Crippen LogP contribution in [0.5, 0.6) is 0 Å². The van der Waals surface area contributed by atoms with Crippen LogP contribution in [-0.2, 0) is 19.2 Å². The molecule has 0 unspecified atom stereocenters. The van der Waals surface area contributed by atoms with Crippen LogP contribution in [0.15, 0.2) is 24.3 Å². The van der Waals surface area contributed by atoms with Crippen LogP contribution >= 0.6 is 0 Å². The van der Waals surface area contributed by atoms with E-state index in [1.807, 2.05) is 27.7 Å². The van der Waals surface area contributed by atoms with Crippen molar-refractivity contribution >= 4 is 34.8 Å². The summed E-state index contributed by atoms with van der Waals surface area (Å²) in [5.74, 6) is -2.33. The van der Waals surface area contributed by atoms with Crippen LogP contribution < -0.4 is 10.6 Å². The van der Waals surface area contributed by atoms with E-state index in [0.29, 0.717) is 24.2 Å². The van der Waals surface area contributed by atoms with Crippen LogP contribution in [0.4, 0.5) is 11.4 Å². The Morgan fingerprint density at radius 3 is 1.22 bits per heavy atom. The average molecular weight is 449 g/mol. The molecule has 0 radical (unpaired) electrons. The number of aliphatic hydroxyl groups is 2. The molecule has 0 aromatic heterocycles. The van der Waals surface area contributed by atoms with Gasteiger partial charge in [-0.25, -0.2) is 0 Å². The Morgan fingerprint density at radius 1 is 0.656 bits per heavy atom. The zero-order valence-corrected chi connectivity index (χ0v) is 19.4. The van der Waals surface area contributed by atoms with E-state index in [1.165, 1.54) is 0 Å². The molecular formula is C24H36N2O6. The predicted molar refractivity (Wildman–Crippen MR) is 123 cm³/mol. The highest BCUT2D eigenvalue weighted by molar-refractivity contribution is 5.97. The molecule has 0 fully saturated rings. The molecule has 0 saturated heterocycles. The molecule has 32 heavy (non-hydrogen) atoms. The third-order valence-electron chi connectivity index (χ3n) is 4.82. The van der Waals surface area contributed by atoms with Gasteiger partial charge in [0.05, 0.1) is 25.0 Å². The van der Waals surface area contributed by atoms with Crippen molar-refractivity contribution in [3.8, 4) is 0 Å². The molecule has 0 aliphatic rings. The van der Waals surface area contributed by atoms with Crippen molar-refractivity contribution in [2.24, 2.45) is 23.7 Å². The fraction of sp³-hybridized carbons (Fsp3) is 0.583. The molecular weight excluding hydrogens is 412 g/mol. The Morgan fingerprint density at radius 2 is 0.969 bits per heavy atom. The quantitative estimate of drug-likeness (QED) is 0.346. The topological polar surface area (TPSA) is 133 Å². The Balaban J connectivity index is 2.66. The fourth-order valence-electron chi connectivity index (χ4n) is 3.23. The number of rotatable bonds is 14. The SMILES string of the molecule is CC(C)CC(=O)C[C@@H](CO)C(=O)Nc1ccc(NC(=O)[C@H](CO)CC(=O)CC(C)C)cc1. The van der Waals surface area contributed by atoms with Crippen LogP contribution in [0.25, 0.3) is 0 Å². The van der Waals surface area contributed by atoms with E-state index in [0.717, 1.165) is 0 Å². The number of Topliss-reactive ketones (excluding diaryl/α,β-unsaturated/α-hetero) is 2. The van der Waals surface area contributed by atoms with Crippen LogP contribution in [0.1, 0.15) is 53.4 Å². The summed E-state index contributed by atoms with van der Waals surface area (Å²) in [5.41, 5.74) is 0.905. The predicted octanol–water partition coefficient (Wildman–Crippen LogP) is 2.79. The van der Waals surface area contributed by atoms with E-state index >= 15 is 0 Å². The van der Waals surface area contributed by atoms with Crippen molar-refractivity contribution in [1.82, 2.24) is 0 Å². The number of aliphatic hydroxyl groups excluding tert-OH is 2. The summed E-state index contributed by atoms with van der Waals surface area (Å²) in [4.78, 5) is 48.7. The first-order valence-electron chi connectivity index (χ1n) is 11.0. The minimum atomic E-state index is -0.825. The van der Waals surface area contributed by atoms with Gasteiger partial charge in [-0.2, -0.15) is 0 Å². The number of carbonyl (C=O) groups is 4. The summed E-state index contributed by atoms with van der Waals surface area (Å²) < 4.78 is 0. The Kier molecular flexibility index (Phi) is 11.8. The molecule has 0 heterocycles. The summed E-state index contributed by atoms with van der Waals surface area (Å²) >= 11 is 0. The lowest BCUT2D eigenvalue weighted by atomic mass is 9.97. The van der Waals surface area contributed by atoms with Crippen molar-refractivity contribution in [2.45, 2.75) is 53.4 Å². The standard InChI is InChI=1S/C24H36N2O6/c1-15(2)9-21(29)11-17(13-27)23(31)25-19-5-7-20(8-6-19)26-24(32)18(14-28)12-22(30)10-16(3)4/h5-8,15-18,27-28H,9-14H2,1-4H3,(H,25,31)(H,26,32)/t17-,18-/m0/s1. The van der Waals surface area contributed by atoms with Crippen LogP contribution in [0.2, 0.25) is 0 Å². The largest absolute Gasteiger partial charge is 0.396 e. The molecule has 1 rings (SSSR count). The third-order valence-corrected chi connectivity index (χ3v) is 4.82. The number of anilines is 2. The van der Waals surface area contributed by atoms with Gasteiger partial charge in [-0.3, -0.25) is 19.2 Å². The molecule has 0 bridgehead atoms. The Bertz CT molecular complexity index is 708. The molecule has 2 amide bonds. The third kappa shape index (κ3) is 10.2. The maximum absolute atomic E-state index is 12.4. The lowest BCUT2D eigenvalue weighted by Crippen LogP contribution is -2.28. The Hall–Kier alpha value is -2.58. The summed E-state index contributed by atoms with van der Waals surface area (Å²) in [6.45, 7) is 6.80. The van der Waals surface area contributed by atoms with E-state index in [1.54, 1.807) is 24.3 Å². The number of amides is 2. The molecule has 1 aromatic rings. The van der Waals surface area contributed by atoms with Gasteiger partial charge in [-0.1, -0.05) is 27.7 Å². The van der Waals surface area contributed by atoms with Crippen LogP contribution in [0.3, 0.4) is 0 Å². The van der Waals surface area contributed by atoms with Gasteiger partial charge in [0.2, 0.25) is 11.8 Å². The second-order valence-corrected chi connectivity index (χ2v) is 9.00. The van der Waals surface area contributed by atoms with E-state index < -0.39 is 36.9 Å². The van der Waals surface area contributed by atoms with E-state index in [4.69, 9.17) is 0 Å². The monoisotopic (exact) mass is 448 g/mol. The molecule has 0 saturated carbocycles. The van der Waals surface area contributed by atoms with Crippen molar-refractivity contribution < 1.29 is 29.4 Å². The number of hydrogen-bond donors (Lipinski definition) is 4. The van der Waals surface area contributed by atoms with Gasteiger partial charge >= 0.3 is 0 Å². The van der Waals surface area contributed by atoms with Crippen molar-refractivity contribution in [3.05, 3.63) is 24.3 Å². The zero-order valence-electron chi connectivity index (χ0n) is 19.4. The average Bonchev–Trinajstić information content (AvgIpc) is 2.70. The fourth-order valence-corrected chi connectivity index (χ4v) is 3.23. The van der Waals surface area contributed by atoms with E-state index in [2.05, 4.69) is 10.6 Å².